The van der Waals surface area contributed by atoms with E-state index < -0.39 is 15.0 Å². The molecule has 116 valence electrons. The number of carbonyl (C=O) groups is 1. The van der Waals surface area contributed by atoms with E-state index in [2.05, 4.69) is 0 Å². The minimum Gasteiger partial charge on any atom is -0.492 e. The van der Waals surface area contributed by atoms with Gasteiger partial charge in [0.05, 0.1) is 16.9 Å². The number of fused-ring (bicyclic) bond motifs is 1. The minimum absolute atomic E-state index is 0.00228. The number of esters is 1. The number of ether oxygens (including phenoxy) is 2. The molecule has 7 heteroatoms. The van der Waals surface area contributed by atoms with Crippen molar-refractivity contribution in [3.05, 3.63) is 23.8 Å². The second-order valence-corrected chi connectivity index (χ2v) is 7.64. The highest BCUT2D eigenvalue weighted by molar-refractivity contribution is 8.13. The molecule has 0 radical (unpaired) electrons. The maximum atomic E-state index is 12.0. The van der Waals surface area contributed by atoms with Crippen molar-refractivity contribution in [2.24, 2.45) is 5.92 Å². The summed E-state index contributed by atoms with van der Waals surface area (Å²) in [5.74, 6) is -0.180. The summed E-state index contributed by atoms with van der Waals surface area (Å²) < 4.78 is 33.5. The summed E-state index contributed by atoms with van der Waals surface area (Å²) in [5, 5.41) is 0. The summed E-state index contributed by atoms with van der Waals surface area (Å²) in [6.07, 6.45) is 0.975. The first-order valence-electron chi connectivity index (χ1n) is 6.72. The third-order valence-electron chi connectivity index (χ3n) is 3.45. The zero-order valence-corrected chi connectivity index (χ0v) is 13.4. The van der Waals surface area contributed by atoms with Gasteiger partial charge in [0.25, 0.3) is 9.05 Å². The van der Waals surface area contributed by atoms with Gasteiger partial charge in [0.1, 0.15) is 12.4 Å². The van der Waals surface area contributed by atoms with Crippen LogP contribution in [0.15, 0.2) is 23.1 Å². The van der Waals surface area contributed by atoms with Crippen molar-refractivity contribution in [3.63, 3.8) is 0 Å². The fourth-order valence-electron chi connectivity index (χ4n) is 2.05. The predicted octanol–water partition coefficient (Wildman–Crippen LogP) is 2.51. The van der Waals surface area contributed by atoms with Crippen molar-refractivity contribution >= 4 is 25.7 Å². The smallest absolute Gasteiger partial charge is 0.313 e. The van der Waals surface area contributed by atoms with Gasteiger partial charge < -0.3 is 9.47 Å². The average Bonchev–Trinajstić information content (AvgIpc) is 2.44. The monoisotopic (exact) mass is 332 g/mol. The summed E-state index contributed by atoms with van der Waals surface area (Å²) in [5.41, 5.74) is 0.647. The van der Waals surface area contributed by atoms with Crippen LogP contribution >= 0.6 is 10.7 Å². The Morgan fingerprint density at radius 1 is 1.52 bits per heavy atom. The maximum absolute atomic E-state index is 12.0. The lowest BCUT2D eigenvalue weighted by atomic mass is 9.97. The van der Waals surface area contributed by atoms with Gasteiger partial charge in [0.15, 0.2) is 0 Å². The molecule has 0 saturated carbocycles. The molecule has 0 amide bonds. The van der Waals surface area contributed by atoms with E-state index in [-0.39, 0.29) is 23.6 Å². The van der Waals surface area contributed by atoms with Crippen LogP contribution in [0.4, 0.5) is 0 Å². The van der Waals surface area contributed by atoms with Gasteiger partial charge in [0, 0.05) is 10.7 Å². The largest absolute Gasteiger partial charge is 0.492 e. The molecule has 1 aliphatic heterocycles. The molecule has 2 unspecified atom stereocenters. The van der Waals surface area contributed by atoms with Gasteiger partial charge in [-0.3, -0.25) is 4.79 Å². The maximum Gasteiger partial charge on any atom is 0.313 e. The molecule has 1 heterocycles. The summed E-state index contributed by atoms with van der Waals surface area (Å²) in [6.45, 7) is 3.99. The second-order valence-electron chi connectivity index (χ2n) is 5.08. The highest BCUT2D eigenvalue weighted by atomic mass is 35.7. The first-order chi connectivity index (χ1) is 9.81. The molecule has 2 rings (SSSR count). The van der Waals surface area contributed by atoms with Crippen molar-refractivity contribution in [1.82, 2.24) is 0 Å². The molecule has 1 aromatic carbocycles. The van der Waals surface area contributed by atoms with Gasteiger partial charge in [-0.25, -0.2) is 8.42 Å². The van der Waals surface area contributed by atoms with Crippen LogP contribution in [-0.4, -0.2) is 27.1 Å². The molecule has 5 nitrogen and oxygen atoms in total. The van der Waals surface area contributed by atoms with Crippen molar-refractivity contribution < 1.29 is 22.7 Å². The van der Waals surface area contributed by atoms with Crippen LogP contribution < -0.4 is 4.74 Å². The summed E-state index contributed by atoms with van der Waals surface area (Å²) in [4.78, 5) is 12.0. The Morgan fingerprint density at radius 2 is 2.24 bits per heavy atom. The van der Waals surface area contributed by atoms with Crippen LogP contribution in [-0.2, 0) is 25.0 Å². The standard InChI is InChI=1S/C14H17ClO5S/c1-3-9(2)20-14(16)11-6-10-7-12(21(15,17)18)4-5-13(10)19-8-11/h4-5,7,9,11H,3,6,8H2,1-2H3. The Balaban J connectivity index is 2.17. The average molecular weight is 333 g/mol. The summed E-state index contributed by atoms with van der Waals surface area (Å²) in [7, 11) is 1.53. The molecule has 1 aliphatic rings. The molecule has 0 bridgehead atoms. The van der Waals surface area contributed by atoms with E-state index >= 15 is 0 Å². The quantitative estimate of drug-likeness (QED) is 0.626. The van der Waals surface area contributed by atoms with Gasteiger partial charge in [-0.15, -0.1) is 0 Å². The molecular weight excluding hydrogens is 316 g/mol. The normalized spacial score (nSPS) is 19.3. The van der Waals surface area contributed by atoms with Crippen LogP contribution in [0.5, 0.6) is 5.75 Å². The molecule has 0 fully saturated rings. The van der Waals surface area contributed by atoms with Crippen LogP contribution in [0.3, 0.4) is 0 Å². The molecule has 0 aliphatic carbocycles. The molecule has 21 heavy (non-hydrogen) atoms. The van der Waals surface area contributed by atoms with E-state index in [1.165, 1.54) is 12.1 Å². The van der Waals surface area contributed by atoms with Crippen LogP contribution in [0.25, 0.3) is 0 Å². The zero-order chi connectivity index (χ0) is 15.6. The Morgan fingerprint density at radius 3 is 2.86 bits per heavy atom. The third-order valence-corrected chi connectivity index (χ3v) is 4.80. The van der Waals surface area contributed by atoms with Crippen molar-refractivity contribution in [3.8, 4) is 5.75 Å². The number of benzene rings is 1. The summed E-state index contributed by atoms with van der Waals surface area (Å²) in [6, 6.07) is 4.39. The molecule has 0 N–H and O–H groups in total. The Labute approximate surface area is 128 Å². The van der Waals surface area contributed by atoms with Gasteiger partial charge in [-0.05, 0) is 43.5 Å². The van der Waals surface area contributed by atoms with Crippen LogP contribution in [0.2, 0.25) is 0 Å². The molecule has 0 aromatic heterocycles. The SMILES string of the molecule is CCC(C)OC(=O)C1COc2ccc(S(=O)(=O)Cl)cc2C1. The number of hydrogen-bond acceptors (Lipinski definition) is 5. The predicted molar refractivity (Wildman–Crippen MR) is 78.0 cm³/mol. The number of rotatable bonds is 4. The van der Waals surface area contributed by atoms with Gasteiger partial charge in [-0.1, -0.05) is 6.92 Å². The van der Waals surface area contributed by atoms with Gasteiger partial charge in [0.2, 0.25) is 0 Å². The van der Waals surface area contributed by atoms with Crippen LogP contribution in [0.1, 0.15) is 25.8 Å². The van der Waals surface area contributed by atoms with Gasteiger partial charge in [-0.2, -0.15) is 0 Å². The Hall–Kier alpha value is -1.27. The highest BCUT2D eigenvalue weighted by Gasteiger charge is 2.29. The lowest BCUT2D eigenvalue weighted by Crippen LogP contribution is -2.31. The molecule has 1 aromatic rings. The van der Waals surface area contributed by atoms with Crippen LogP contribution in [0, 0.1) is 5.92 Å². The lowest BCUT2D eigenvalue weighted by Gasteiger charge is -2.25. The third kappa shape index (κ3) is 3.89. The second kappa shape index (κ2) is 6.23. The Bertz CT molecular complexity index is 641. The highest BCUT2D eigenvalue weighted by Crippen LogP contribution is 2.31. The lowest BCUT2D eigenvalue weighted by molar-refractivity contribution is -0.154. The van der Waals surface area contributed by atoms with Crippen molar-refractivity contribution in [1.29, 1.82) is 0 Å². The minimum atomic E-state index is -3.80. The van der Waals surface area contributed by atoms with E-state index in [1.54, 1.807) is 6.07 Å². The number of carbonyl (C=O) groups excluding carboxylic acids is 1. The number of halogens is 1. The van der Waals surface area contributed by atoms with Crippen molar-refractivity contribution in [2.75, 3.05) is 6.61 Å². The van der Waals surface area contributed by atoms with E-state index in [1.807, 2.05) is 13.8 Å². The molecular formula is C14H17ClO5S. The van der Waals surface area contributed by atoms with E-state index in [9.17, 15) is 13.2 Å². The van der Waals surface area contributed by atoms with E-state index in [0.29, 0.717) is 17.7 Å². The topological polar surface area (TPSA) is 69.7 Å². The fraction of sp³-hybridized carbons (Fsp3) is 0.500. The molecule has 2 atom stereocenters. The van der Waals surface area contributed by atoms with E-state index in [0.717, 1.165) is 6.42 Å². The zero-order valence-electron chi connectivity index (χ0n) is 11.8. The Kier molecular flexibility index (Phi) is 4.78. The molecule has 0 spiro atoms. The van der Waals surface area contributed by atoms with Gasteiger partial charge >= 0.3 is 5.97 Å². The molecule has 0 saturated heterocycles. The first kappa shape index (κ1) is 16.1. The van der Waals surface area contributed by atoms with E-state index in [4.69, 9.17) is 20.2 Å². The van der Waals surface area contributed by atoms with Crippen molar-refractivity contribution in [2.45, 2.75) is 37.7 Å². The number of hydrogen-bond donors (Lipinski definition) is 0. The summed E-state index contributed by atoms with van der Waals surface area (Å²) >= 11 is 0. The fourth-order valence-corrected chi connectivity index (χ4v) is 2.85. The first-order valence-corrected chi connectivity index (χ1v) is 9.03.